The summed E-state index contributed by atoms with van der Waals surface area (Å²) in [6.45, 7) is 5.23. The number of rotatable bonds is 5. The number of fused-ring (bicyclic) bond motifs is 3. The van der Waals surface area contributed by atoms with Crippen LogP contribution in [-0.4, -0.2) is 46.2 Å². The van der Waals surface area contributed by atoms with Crippen LogP contribution in [0.15, 0.2) is 35.4 Å². The first-order chi connectivity index (χ1) is 17.1. The molecule has 0 amide bonds. The number of carbonyl (C=O) groups is 3. The second-order valence-electron chi connectivity index (χ2n) is 9.75. The number of ketones is 1. The molecule has 2 aromatic rings. The summed E-state index contributed by atoms with van der Waals surface area (Å²) in [5.41, 5.74) is 0.542. The van der Waals surface area contributed by atoms with E-state index in [9.17, 15) is 14.4 Å². The van der Waals surface area contributed by atoms with E-state index in [-0.39, 0.29) is 23.5 Å². The molecular weight excluding hydrogens is 464 g/mol. The normalized spacial score (nSPS) is 17.1. The molecule has 2 aliphatic carbocycles. The van der Waals surface area contributed by atoms with E-state index in [1.807, 2.05) is 6.07 Å². The highest BCUT2D eigenvalue weighted by atomic mass is 16.5. The first kappa shape index (κ1) is 25.3. The van der Waals surface area contributed by atoms with Gasteiger partial charge in [0.1, 0.15) is 23.0 Å². The quantitative estimate of drug-likeness (QED) is 0.543. The van der Waals surface area contributed by atoms with Gasteiger partial charge >= 0.3 is 11.9 Å². The highest BCUT2D eigenvalue weighted by Gasteiger charge is 2.42. The molecule has 2 aliphatic rings. The maximum atomic E-state index is 14.0. The number of carbonyl (C=O) groups excluding carboxylic acids is 3. The molecule has 0 fully saturated rings. The average molecular weight is 495 g/mol. The maximum Gasteiger partial charge on any atom is 0.316 e. The van der Waals surface area contributed by atoms with Gasteiger partial charge < -0.3 is 23.7 Å². The van der Waals surface area contributed by atoms with Gasteiger partial charge in [-0.25, -0.2) is 0 Å². The summed E-state index contributed by atoms with van der Waals surface area (Å²) < 4.78 is 28.2. The molecule has 8 heteroatoms. The van der Waals surface area contributed by atoms with Crippen LogP contribution >= 0.6 is 0 Å². The maximum absolute atomic E-state index is 14.0. The van der Waals surface area contributed by atoms with Crippen LogP contribution in [0, 0.1) is 11.3 Å². The van der Waals surface area contributed by atoms with E-state index < -0.39 is 23.3 Å². The van der Waals surface area contributed by atoms with Gasteiger partial charge in [-0.3, -0.25) is 14.4 Å². The van der Waals surface area contributed by atoms with Gasteiger partial charge in [0.05, 0.1) is 56.3 Å². The van der Waals surface area contributed by atoms with E-state index in [1.165, 1.54) is 28.4 Å². The molecule has 0 N–H and O–H groups in total. The van der Waals surface area contributed by atoms with E-state index in [0.717, 1.165) is 0 Å². The summed E-state index contributed by atoms with van der Waals surface area (Å²) in [6, 6.07) is 5.39. The zero-order chi connectivity index (χ0) is 26.4. The van der Waals surface area contributed by atoms with E-state index >= 15 is 0 Å². The van der Waals surface area contributed by atoms with Crippen LogP contribution in [0.3, 0.4) is 0 Å². The van der Waals surface area contributed by atoms with Crippen molar-refractivity contribution in [3.8, 4) is 17.2 Å². The van der Waals surface area contributed by atoms with Crippen molar-refractivity contribution in [1.29, 1.82) is 0 Å². The molecule has 0 saturated heterocycles. The lowest BCUT2D eigenvalue weighted by Crippen LogP contribution is -2.29. The van der Waals surface area contributed by atoms with Crippen LogP contribution in [0.4, 0.5) is 0 Å². The Morgan fingerprint density at radius 2 is 1.64 bits per heavy atom. The molecule has 8 nitrogen and oxygen atoms in total. The number of Topliss-reactive ketones (excluding diaryl/α,β-unsaturated/α-hetero) is 1. The zero-order valence-electron chi connectivity index (χ0n) is 21.6. The topological polar surface area (TPSA) is 97.4 Å². The summed E-state index contributed by atoms with van der Waals surface area (Å²) in [6.07, 6.45) is 2.20. The van der Waals surface area contributed by atoms with Gasteiger partial charge in [0.2, 0.25) is 0 Å². The number of hydrogen-bond donors (Lipinski definition) is 0. The smallest absolute Gasteiger partial charge is 0.316 e. The zero-order valence-corrected chi connectivity index (χ0v) is 21.6. The molecule has 1 atom stereocenters. The third kappa shape index (κ3) is 3.90. The molecule has 0 radical (unpaired) electrons. The van der Waals surface area contributed by atoms with Crippen LogP contribution in [0.5, 0.6) is 17.2 Å². The Morgan fingerprint density at radius 1 is 0.944 bits per heavy atom. The van der Waals surface area contributed by atoms with Gasteiger partial charge in [0.25, 0.3) is 0 Å². The van der Waals surface area contributed by atoms with Gasteiger partial charge in [0, 0.05) is 16.5 Å². The van der Waals surface area contributed by atoms with Crippen molar-refractivity contribution < 1.29 is 38.1 Å². The highest BCUT2D eigenvalue weighted by Crippen LogP contribution is 2.53. The summed E-state index contributed by atoms with van der Waals surface area (Å²) in [5.74, 6) is -0.378. The first-order valence-electron chi connectivity index (χ1n) is 11.6. The molecule has 36 heavy (non-hydrogen) atoms. The predicted octanol–water partition coefficient (Wildman–Crippen LogP) is 4.87. The number of benzene rings is 2. The first-order valence-corrected chi connectivity index (χ1v) is 11.6. The Balaban J connectivity index is 2.14. The number of methoxy groups -OCH3 is 4. The number of hydrogen-bond acceptors (Lipinski definition) is 8. The summed E-state index contributed by atoms with van der Waals surface area (Å²) >= 11 is 0. The van der Waals surface area contributed by atoms with Crippen molar-refractivity contribution >= 4 is 34.3 Å². The van der Waals surface area contributed by atoms with Gasteiger partial charge in [-0.1, -0.05) is 18.2 Å². The summed E-state index contributed by atoms with van der Waals surface area (Å²) in [5, 5.41) is 1.19. The summed E-state index contributed by atoms with van der Waals surface area (Å²) in [4.78, 5) is 39.5. The average Bonchev–Trinajstić information content (AvgIpc) is 2.87. The van der Waals surface area contributed by atoms with Gasteiger partial charge in [0.15, 0.2) is 5.78 Å². The summed E-state index contributed by atoms with van der Waals surface area (Å²) in [7, 11) is 5.82. The van der Waals surface area contributed by atoms with Crippen LogP contribution in [-0.2, 0) is 19.1 Å². The van der Waals surface area contributed by atoms with Crippen LogP contribution < -0.4 is 14.2 Å². The van der Waals surface area contributed by atoms with Gasteiger partial charge in [-0.15, -0.1) is 0 Å². The molecule has 0 aromatic heterocycles. The number of allylic oxidation sites excluding steroid dienone is 3. The predicted molar refractivity (Wildman–Crippen MR) is 133 cm³/mol. The second kappa shape index (κ2) is 9.33. The number of esters is 2. The van der Waals surface area contributed by atoms with Crippen molar-refractivity contribution in [3.63, 3.8) is 0 Å². The lowest BCUT2D eigenvalue weighted by atomic mass is 9.75. The highest BCUT2D eigenvalue weighted by molar-refractivity contribution is 6.24. The van der Waals surface area contributed by atoms with Gasteiger partial charge in [-0.05, 0) is 39.7 Å². The Labute approximate surface area is 209 Å². The standard InChI is InChI=1S/C28H30O8/c1-28(2,3)27(31)36-24-17-13-14(26(30)35-7)11-12-15(17)22(29)20-21(24)23(33-5)16-9-8-10-18(32-4)19(16)25(20)34-6/h8-10,12,14H,11,13H2,1-7H3/t14-/m0/s1. The van der Waals surface area contributed by atoms with Crippen molar-refractivity contribution in [1.82, 2.24) is 0 Å². The van der Waals surface area contributed by atoms with Crippen LogP contribution in [0.1, 0.15) is 49.5 Å². The van der Waals surface area contributed by atoms with Crippen molar-refractivity contribution in [2.24, 2.45) is 11.3 Å². The van der Waals surface area contributed by atoms with E-state index in [0.29, 0.717) is 51.2 Å². The molecule has 0 aliphatic heterocycles. The van der Waals surface area contributed by atoms with E-state index in [4.69, 9.17) is 23.7 Å². The molecule has 0 heterocycles. The SMILES string of the molecule is COC(=O)[C@H]1CC=C2C(=O)c3c(c(OC)c4cccc(OC)c4c3OC)C(OC(=O)C(C)(C)C)=C2C1. The lowest BCUT2D eigenvalue weighted by molar-refractivity contribution is -0.145. The number of ether oxygens (including phenoxy) is 5. The molecule has 2 aromatic carbocycles. The third-order valence-electron chi connectivity index (χ3n) is 6.53. The molecular formula is C28H30O8. The van der Waals surface area contributed by atoms with Crippen LogP contribution in [0.2, 0.25) is 0 Å². The van der Waals surface area contributed by atoms with E-state index in [1.54, 1.807) is 39.0 Å². The van der Waals surface area contributed by atoms with E-state index in [2.05, 4.69) is 0 Å². The molecule has 0 unspecified atom stereocenters. The van der Waals surface area contributed by atoms with Crippen LogP contribution in [0.25, 0.3) is 16.5 Å². The molecule has 4 rings (SSSR count). The minimum atomic E-state index is -0.827. The fourth-order valence-corrected chi connectivity index (χ4v) is 4.72. The van der Waals surface area contributed by atoms with Gasteiger partial charge in [-0.2, -0.15) is 0 Å². The fourth-order valence-electron chi connectivity index (χ4n) is 4.72. The Morgan fingerprint density at radius 3 is 2.22 bits per heavy atom. The molecule has 0 spiro atoms. The molecule has 0 saturated carbocycles. The van der Waals surface area contributed by atoms with Crippen molar-refractivity contribution in [2.45, 2.75) is 33.6 Å². The lowest BCUT2D eigenvalue weighted by Gasteiger charge is -2.32. The second-order valence-corrected chi connectivity index (χ2v) is 9.75. The Kier molecular flexibility index (Phi) is 6.56. The van der Waals surface area contributed by atoms with Crippen molar-refractivity contribution in [2.75, 3.05) is 28.4 Å². The monoisotopic (exact) mass is 494 g/mol. The third-order valence-corrected chi connectivity index (χ3v) is 6.53. The Bertz CT molecular complexity index is 1340. The van der Waals surface area contributed by atoms with Crippen molar-refractivity contribution in [3.05, 3.63) is 46.5 Å². The minimum Gasteiger partial charge on any atom is -0.496 e. The Hall–Kier alpha value is -3.81. The largest absolute Gasteiger partial charge is 0.496 e. The molecule has 190 valence electrons. The molecule has 0 bridgehead atoms. The fraction of sp³-hybridized carbons (Fsp3) is 0.393. The minimum absolute atomic E-state index is 0.179.